The molecule has 108 valence electrons. The Morgan fingerprint density at radius 2 is 2.30 bits per heavy atom. The zero-order valence-corrected chi connectivity index (χ0v) is 11.4. The molecule has 8 nitrogen and oxygen atoms in total. The summed E-state index contributed by atoms with van der Waals surface area (Å²) in [7, 11) is 0. The predicted octanol–water partition coefficient (Wildman–Crippen LogP) is 0.140. The van der Waals surface area contributed by atoms with E-state index in [0.29, 0.717) is 12.3 Å². The normalized spacial score (nSPS) is 9.65. The van der Waals surface area contributed by atoms with Crippen molar-refractivity contribution in [2.24, 2.45) is 5.73 Å². The molecule has 4 N–H and O–H groups in total. The average Bonchev–Trinajstić information content (AvgIpc) is 2.90. The van der Waals surface area contributed by atoms with Crippen LogP contribution < -0.4 is 15.8 Å². The Morgan fingerprint density at radius 3 is 3.00 bits per heavy atom. The highest BCUT2D eigenvalue weighted by molar-refractivity contribution is 5.90. The minimum atomic E-state index is -0.356. The number of hydrogen-bond donors (Lipinski definition) is 3. The van der Waals surface area contributed by atoms with Crippen LogP contribution in [0.3, 0.4) is 0 Å². The number of amides is 1. The molecular formula is C11H15ClN6O2. The molecular weight excluding hydrogens is 284 g/mol. The average molecular weight is 299 g/mol. The van der Waals surface area contributed by atoms with Gasteiger partial charge in [0.25, 0.3) is 11.9 Å². The Bertz CT molecular complexity index is 533. The first-order valence-corrected chi connectivity index (χ1v) is 5.73. The first-order chi connectivity index (χ1) is 9.28. The van der Waals surface area contributed by atoms with Crippen molar-refractivity contribution in [2.45, 2.75) is 6.42 Å². The topological polar surface area (TPSA) is 119 Å². The van der Waals surface area contributed by atoms with E-state index in [4.69, 9.17) is 10.5 Å². The molecule has 0 unspecified atom stereocenters. The van der Waals surface area contributed by atoms with Crippen LogP contribution in [0, 0.1) is 0 Å². The van der Waals surface area contributed by atoms with Crippen molar-refractivity contribution in [1.82, 2.24) is 20.6 Å². The first kappa shape index (κ1) is 15.9. The number of rotatable bonds is 6. The molecule has 0 saturated carbocycles. The van der Waals surface area contributed by atoms with Crippen molar-refractivity contribution >= 4 is 24.3 Å². The summed E-state index contributed by atoms with van der Waals surface area (Å²) in [6.45, 7) is 0.447. The largest absolute Gasteiger partial charge is 0.484 e. The van der Waals surface area contributed by atoms with Crippen molar-refractivity contribution in [2.75, 3.05) is 18.5 Å². The zero-order valence-electron chi connectivity index (χ0n) is 10.6. The number of hydrogen-bond acceptors (Lipinski definition) is 6. The van der Waals surface area contributed by atoms with E-state index < -0.39 is 0 Å². The second kappa shape index (κ2) is 8.08. The Kier molecular flexibility index (Phi) is 6.41. The number of carbonyl (C=O) groups excluding carboxylic acids is 1. The number of nitrogens with two attached hydrogens (primary N) is 1. The molecule has 2 rings (SSSR count). The van der Waals surface area contributed by atoms with Crippen LogP contribution in [0.5, 0.6) is 5.75 Å². The smallest absolute Gasteiger partial charge is 0.269 e. The predicted molar refractivity (Wildman–Crippen MR) is 74.8 cm³/mol. The van der Waals surface area contributed by atoms with E-state index in [1.165, 1.54) is 0 Å². The zero-order chi connectivity index (χ0) is 13.5. The van der Waals surface area contributed by atoms with Gasteiger partial charge in [-0.3, -0.25) is 10.1 Å². The van der Waals surface area contributed by atoms with Crippen molar-refractivity contribution in [3.63, 3.8) is 0 Å². The second-order valence-electron chi connectivity index (χ2n) is 3.76. The van der Waals surface area contributed by atoms with E-state index in [2.05, 4.69) is 25.9 Å². The lowest BCUT2D eigenvalue weighted by Gasteiger charge is -2.07. The molecule has 9 heteroatoms. The number of nitrogens with one attached hydrogen (secondary N) is 2. The van der Waals surface area contributed by atoms with Crippen molar-refractivity contribution in [3.05, 3.63) is 29.8 Å². The van der Waals surface area contributed by atoms with Gasteiger partial charge in [0, 0.05) is 0 Å². The summed E-state index contributed by atoms with van der Waals surface area (Å²) in [6, 6.07) is 7.45. The summed E-state index contributed by atoms with van der Waals surface area (Å²) in [6.07, 6.45) is 0.770. The maximum absolute atomic E-state index is 11.5. The van der Waals surface area contributed by atoms with Crippen LogP contribution in [0.4, 0.5) is 5.95 Å². The summed E-state index contributed by atoms with van der Waals surface area (Å²) < 4.78 is 5.36. The third kappa shape index (κ3) is 4.82. The minimum absolute atomic E-state index is 0. The number of carbonyl (C=O) groups is 1. The van der Waals surface area contributed by atoms with Crippen LogP contribution in [-0.2, 0) is 11.2 Å². The van der Waals surface area contributed by atoms with Gasteiger partial charge in [0.1, 0.15) is 5.75 Å². The van der Waals surface area contributed by atoms with Crippen molar-refractivity contribution in [1.29, 1.82) is 0 Å². The van der Waals surface area contributed by atoms with E-state index in [0.717, 1.165) is 12.0 Å². The van der Waals surface area contributed by atoms with Crippen LogP contribution in [-0.4, -0.2) is 39.7 Å². The summed E-state index contributed by atoms with van der Waals surface area (Å²) >= 11 is 0. The van der Waals surface area contributed by atoms with Gasteiger partial charge in [0.2, 0.25) is 0 Å². The molecule has 1 heterocycles. The molecule has 0 bridgehead atoms. The van der Waals surface area contributed by atoms with Gasteiger partial charge in [-0.15, -0.1) is 17.5 Å². The molecule has 0 fully saturated rings. The SMILES string of the molecule is Cl.NCCc1cccc(OCC(=O)Nc2nn[nH]n2)c1. The number of halogens is 1. The van der Waals surface area contributed by atoms with Gasteiger partial charge >= 0.3 is 0 Å². The molecule has 2 aromatic rings. The van der Waals surface area contributed by atoms with E-state index in [-0.39, 0.29) is 30.9 Å². The van der Waals surface area contributed by atoms with Gasteiger partial charge in [0.15, 0.2) is 6.61 Å². The minimum Gasteiger partial charge on any atom is -0.484 e. The summed E-state index contributed by atoms with van der Waals surface area (Å²) in [4.78, 5) is 11.5. The Morgan fingerprint density at radius 1 is 1.45 bits per heavy atom. The van der Waals surface area contributed by atoms with Gasteiger partial charge in [-0.2, -0.15) is 5.21 Å². The van der Waals surface area contributed by atoms with Gasteiger partial charge in [-0.05, 0) is 35.9 Å². The van der Waals surface area contributed by atoms with Gasteiger partial charge in [-0.25, -0.2) is 0 Å². The number of anilines is 1. The van der Waals surface area contributed by atoms with E-state index in [9.17, 15) is 4.79 Å². The summed E-state index contributed by atoms with van der Waals surface area (Å²) in [5.41, 5.74) is 6.55. The number of aromatic amines is 1. The van der Waals surface area contributed by atoms with Gasteiger partial charge in [0.05, 0.1) is 0 Å². The molecule has 1 amide bonds. The summed E-state index contributed by atoms with van der Waals surface area (Å²) in [5, 5.41) is 15.2. The number of ether oxygens (including phenoxy) is 1. The number of benzene rings is 1. The molecule has 1 aromatic carbocycles. The summed E-state index contributed by atoms with van der Waals surface area (Å²) in [5.74, 6) is 0.380. The third-order valence-electron chi connectivity index (χ3n) is 2.30. The molecule has 0 spiro atoms. The molecule has 20 heavy (non-hydrogen) atoms. The molecule has 0 aliphatic carbocycles. The van der Waals surface area contributed by atoms with Crippen LogP contribution >= 0.6 is 12.4 Å². The maximum Gasteiger partial charge on any atom is 0.269 e. The Balaban J connectivity index is 0.00000200. The fraction of sp³-hybridized carbons (Fsp3) is 0.273. The molecule has 0 saturated heterocycles. The number of nitrogens with zero attached hydrogens (tertiary/aromatic N) is 3. The highest BCUT2D eigenvalue weighted by Crippen LogP contribution is 2.13. The highest BCUT2D eigenvalue weighted by Gasteiger charge is 2.06. The van der Waals surface area contributed by atoms with Crippen LogP contribution in [0.25, 0.3) is 0 Å². The van der Waals surface area contributed by atoms with Crippen molar-refractivity contribution < 1.29 is 9.53 Å². The molecule has 1 aromatic heterocycles. The lowest BCUT2D eigenvalue weighted by atomic mass is 10.1. The third-order valence-corrected chi connectivity index (χ3v) is 2.30. The Labute approximate surface area is 121 Å². The van der Waals surface area contributed by atoms with E-state index in [1.807, 2.05) is 18.2 Å². The quantitative estimate of drug-likeness (QED) is 0.698. The molecule has 0 aliphatic rings. The fourth-order valence-electron chi connectivity index (χ4n) is 1.48. The molecule has 0 radical (unpaired) electrons. The number of aromatic nitrogens is 4. The first-order valence-electron chi connectivity index (χ1n) is 5.73. The van der Waals surface area contributed by atoms with Crippen LogP contribution in [0.15, 0.2) is 24.3 Å². The van der Waals surface area contributed by atoms with E-state index in [1.54, 1.807) is 6.07 Å². The second-order valence-corrected chi connectivity index (χ2v) is 3.76. The van der Waals surface area contributed by atoms with Gasteiger partial charge in [-0.1, -0.05) is 17.2 Å². The van der Waals surface area contributed by atoms with Crippen LogP contribution in [0.2, 0.25) is 0 Å². The molecule has 0 aliphatic heterocycles. The number of H-pyrrole nitrogens is 1. The fourth-order valence-corrected chi connectivity index (χ4v) is 1.48. The standard InChI is InChI=1S/C11H14N6O2.ClH/c12-5-4-8-2-1-3-9(6-8)19-7-10(18)13-11-14-16-17-15-11;/h1-3,6H,4-5,7,12H2,(H2,13,14,15,16,17,18);1H. The lowest BCUT2D eigenvalue weighted by molar-refractivity contribution is -0.118. The number of tetrazole rings is 1. The highest BCUT2D eigenvalue weighted by atomic mass is 35.5. The Hall–Kier alpha value is -2.19. The lowest BCUT2D eigenvalue weighted by Crippen LogP contribution is -2.21. The monoisotopic (exact) mass is 298 g/mol. The van der Waals surface area contributed by atoms with Crippen LogP contribution in [0.1, 0.15) is 5.56 Å². The van der Waals surface area contributed by atoms with E-state index >= 15 is 0 Å². The van der Waals surface area contributed by atoms with Gasteiger partial charge < -0.3 is 10.5 Å². The molecule has 0 atom stereocenters. The van der Waals surface area contributed by atoms with Crippen molar-refractivity contribution in [3.8, 4) is 5.75 Å². The maximum atomic E-state index is 11.5.